The molecule has 1 heterocycles. The molecule has 1 aromatic rings. The molecule has 5 nitrogen and oxygen atoms in total. The zero-order valence-corrected chi connectivity index (χ0v) is 14.1. The lowest BCUT2D eigenvalue weighted by molar-refractivity contribution is -0.155. The Morgan fingerprint density at radius 3 is 2.52 bits per heavy atom. The average molecular weight is 318 g/mol. The lowest BCUT2D eigenvalue weighted by atomic mass is 9.74. The molecule has 5 heteroatoms. The van der Waals surface area contributed by atoms with Crippen LogP contribution in [0.4, 0.5) is 0 Å². The molecule has 0 aliphatic carbocycles. The number of hydrogen-bond acceptors (Lipinski definition) is 4. The van der Waals surface area contributed by atoms with Crippen LogP contribution in [0.2, 0.25) is 0 Å². The molecule has 2 atom stereocenters. The summed E-state index contributed by atoms with van der Waals surface area (Å²) in [6.07, 6.45) is 1.88. The Morgan fingerprint density at radius 1 is 1.30 bits per heavy atom. The molecule has 1 aliphatic rings. The maximum absolute atomic E-state index is 12.1. The summed E-state index contributed by atoms with van der Waals surface area (Å²) in [7, 11) is 1.42. The average Bonchev–Trinajstić information content (AvgIpc) is 2.55. The van der Waals surface area contributed by atoms with E-state index in [2.05, 4.69) is 4.90 Å². The number of primary amides is 1. The molecule has 0 radical (unpaired) electrons. The third kappa shape index (κ3) is 3.72. The van der Waals surface area contributed by atoms with Crippen molar-refractivity contribution in [3.8, 4) is 0 Å². The Morgan fingerprint density at radius 2 is 1.96 bits per heavy atom. The van der Waals surface area contributed by atoms with E-state index in [1.54, 1.807) is 0 Å². The highest BCUT2D eigenvalue weighted by Gasteiger charge is 2.42. The van der Waals surface area contributed by atoms with E-state index in [0.29, 0.717) is 6.54 Å². The fourth-order valence-electron chi connectivity index (χ4n) is 3.45. The van der Waals surface area contributed by atoms with Crippen LogP contribution < -0.4 is 5.73 Å². The number of methoxy groups -OCH3 is 1. The lowest BCUT2D eigenvalue weighted by Gasteiger charge is -2.42. The summed E-state index contributed by atoms with van der Waals surface area (Å²) in [5.74, 6) is -0.429. The molecule has 2 rings (SSSR count). The Bertz CT molecular complexity index is 557. The molecule has 1 aliphatic heterocycles. The number of ether oxygens (including phenoxy) is 1. The number of nitrogens with two attached hydrogens (primary N) is 1. The van der Waals surface area contributed by atoms with Crippen molar-refractivity contribution in [1.82, 2.24) is 4.90 Å². The smallest absolute Gasteiger partial charge is 0.311 e. The van der Waals surface area contributed by atoms with Crippen molar-refractivity contribution in [1.29, 1.82) is 0 Å². The summed E-state index contributed by atoms with van der Waals surface area (Å²) in [6, 6.07) is 9.12. The van der Waals surface area contributed by atoms with Gasteiger partial charge in [-0.15, -0.1) is 0 Å². The Kier molecular flexibility index (Phi) is 5.42. The maximum atomic E-state index is 12.1. The summed E-state index contributed by atoms with van der Waals surface area (Å²) >= 11 is 0. The number of carbonyl (C=O) groups excluding carboxylic acids is 2. The second-order valence-corrected chi connectivity index (χ2v) is 6.76. The van der Waals surface area contributed by atoms with Gasteiger partial charge in [-0.3, -0.25) is 14.5 Å². The largest absolute Gasteiger partial charge is 0.469 e. The number of carbonyl (C=O) groups is 2. The van der Waals surface area contributed by atoms with Crippen LogP contribution in [0.5, 0.6) is 0 Å². The molecule has 1 amide bonds. The first-order valence-electron chi connectivity index (χ1n) is 8.04. The number of esters is 1. The van der Waals surface area contributed by atoms with Crippen LogP contribution in [0.25, 0.3) is 0 Å². The minimum atomic E-state index is -0.577. The fraction of sp³-hybridized carbons (Fsp3) is 0.556. The normalized spacial score (nSPS) is 20.7. The van der Waals surface area contributed by atoms with Crippen LogP contribution in [0.1, 0.15) is 38.3 Å². The monoisotopic (exact) mass is 318 g/mol. The quantitative estimate of drug-likeness (QED) is 0.844. The Balaban J connectivity index is 2.22. The minimum absolute atomic E-state index is 0.134. The molecule has 0 aromatic heterocycles. The van der Waals surface area contributed by atoms with E-state index in [1.807, 2.05) is 44.2 Å². The molecule has 23 heavy (non-hydrogen) atoms. The third-order valence-corrected chi connectivity index (χ3v) is 4.93. The first-order chi connectivity index (χ1) is 10.9. The number of hydrogen-bond donors (Lipinski definition) is 1. The van der Waals surface area contributed by atoms with Crippen molar-refractivity contribution in [2.75, 3.05) is 20.2 Å². The summed E-state index contributed by atoms with van der Waals surface area (Å²) in [6.45, 7) is 5.28. The van der Waals surface area contributed by atoms with Crippen LogP contribution in [0, 0.1) is 11.3 Å². The lowest BCUT2D eigenvalue weighted by Crippen LogP contribution is -2.48. The van der Waals surface area contributed by atoms with Gasteiger partial charge in [-0.05, 0) is 44.7 Å². The Labute approximate surface area is 137 Å². The first kappa shape index (κ1) is 17.5. The molecule has 1 fully saturated rings. The number of benzene rings is 1. The summed E-state index contributed by atoms with van der Waals surface area (Å²) in [5, 5.41) is 0. The molecule has 0 saturated carbocycles. The predicted octanol–water partition coefficient (Wildman–Crippen LogP) is 2.12. The van der Waals surface area contributed by atoms with Crippen molar-refractivity contribution in [2.45, 2.75) is 32.7 Å². The summed E-state index contributed by atoms with van der Waals surface area (Å²) < 4.78 is 4.95. The van der Waals surface area contributed by atoms with E-state index in [1.165, 1.54) is 7.11 Å². The van der Waals surface area contributed by atoms with Gasteiger partial charge < -0.3 is 10.5 Å². The van der Waals surface area contributed by atoms with E-state index in [4.69, 9.17) is 10.5 Å². The standard InChI is InChI=1S/C18H26N2O3/c1-18(2,17(22)23-3)14-10-7-11-20(12-14)15(16(19)21)13-8-5-4-6-9-13/h4-6,8-9,14-15H,7,10-12H2,1-3H3,(H2,19,21). The van der Waals surface area contributed by atoms with Gasteiger partial charge in [0.15, 0.2) is 0 Å². The predicted molar refractivity (Wildman–Crippen MR) is 88.5 cm³/mol. The molecular formula is C18H26N2O3. The van der Waals surface area contributed by atoms with E-state index in [9.17, 15) is 9.59 Å². The van der Waals surface area contributed by atoms with E-state index < -0.39 is 11.5 Å². The van der Waals surface area contributed by atoms with Crippen molar-refractivity contribution in [2.24, 2.45) is 17.1 Å². The topological polar surface area (TPSA) is 72.6 Å². The number of likely N-dealkylation sites (tertiary alicyclic amines) is 1. The SMILES string of the molecule is COC(=O)C(C)(C)C1CCCN(C(C(N)=O)c2ccccc2)C1. The van der Waals surface area contributed by atoms with Gasteiger partial charge >= 0.3 is 5.97 Å². The van der Waals surface area contributed by atoms with Gasteiger partial charge in [0.05, 0.1) is 12.5 Å². The van der Waals surface area contributed by atoms with Gasteiger partial charge in [0.25, 0.3) is 0 Å². The van der Waals surface area contributed by atoms with Gasteiger partial charge in [-0.1, -0.05) is 30.3 Å². The molecule has 2 unspecified atom stereocenters. The van der Waals surface area contributed by atoms with Crippen LogP contribution >= 0.6 is 0 Å². The van der Waals surface area contributed by atoms with Crippen molar-refractivity contribution in [3.05, 3.63) is 35.9 Å². The molecule has 1 saturated heterocycles. The number of nitrogens with zero attached hydrogens (tertiary/aromatic N) is 1. The van der Waals surface area contributed by atoms with Gasteiger partial charge in [0.1, 0.15) is 6.04 Å². The summed E-state index contributed by atoms with van der Waals surface area (Å²) in [5.41, 5.74) is 5.99. The number of piperidine rings is 1. The molecule has 126 valence electrons. The highest BCUT2D eigenvalue weighted by Crippen LogP contribution is 2.37. The third-order valence-electron chi connectivity index (χ3n) is 4.93. The van der Waals surface area contributed by atoms with Gasteiger partial charge in [0, 0.05) is 6.54 Å². The van der Waals surface area contributed by atoms with E-state index in [0.717, 1.165) is 24.9 Å². The van der Waals surface area contributed by atoms with Crippen molar-refractivity contribution >= 4 is 11.9 Å². The Hall–Kier alpha value is -1.88. The second-order valence-electron chi connectivity index (χ2n) is 6.76. The second kappa shape index (κ2) is 7.13. The zero-order valence-electron chi connectivity index (χ0n) is 14.1. The van der Waals surface area contributed by atoms with Crippen LogP contribution in [0.15, 0.2) is 30.3 Å². The van der Waals surface area contributed by atoms with Crippen LogP contribution in [-0.2, 0) is 14.3 Å². The first-order valence-corrected chi connectivity index (χ1v) is 8.04. The number of rotatable bonds is 5. The van der Waals surface area contributed by atoms with E-state index in [-0.39, 0.29) is 17.8 Å². The minimum Gasteiger partial charge on any atom is -0.469 e. The van der Waals surface area contributed by atoms with Gasteiger partial charge in [-0.25, -0.2) is 0 Å². The fourth-order valence-corrected chi connectivity index (χ4v) is 3.45. The molecule has 0 bridgehead atoms. The molecule has 1 aromatic carbocycles. The zero-order chi connectivity index (χ0) is 17.0. The summed E-state index contributed by atoms with van der Waals surface area (Å²) in [4.78, 5) is 26.2. The van der Waals surface area contributed by atoms with Crippen molar-refractivity contribution < 1.29 is 14.3 Å². The van der Waals surface area contributed by atoms with Gasteiger partial charge in [-0.2, -0.15) is 0 Å². The van der Waals surface area contributed by atoms with Crippen LogP contribution in [0.3, 0.4) is 0 Å². The van der Waals surface area contributed by atoms with Gasteiger partial charge in [0.2, 0.25) is 5.91 Å². The molecular weight excluding hydrogens is 292 g/mol. The molecule has 0 spiro atoms. The van der Waals surface area contributed by atoms with Crippen molar-refractivity contribution in [3.63, 3.8) is 0 Å². The molecule has 2 N–H and O–H groups in total. The highest BCUT2D eigenvalue weighted by molar-refractivity contribution is 5.81. The van der Waals surface area contributed by atoms with E-state index >= 15 is 0 Å². The number of amides is 1. The van der Waals surface area contributed by atoms with Crippen LogP contribution in [-0.4, -0.2) is 37.0 Å². The highest BCUT2D eigenvalue weighted by atomic mass is 16.5. The maximum Gasteiger partial charge on any atom is 0.311 e.